The van der Waals surface area contributed by atoms with Crippen molar-refractivity contribution in [2.75, 3.05) is 11.9 Å². The lowest BCUT2D eigenvalue weighted by Gasteiger charge is -2.15. The largest absolute Gasteiger partial charge is 0.452 e. The van der Waals surface area contributed by atoms with Gasteiger partial charge in [-0.3, -0.25) is 4.79 Å². The maximum atomic E-state index is 11.9. The van der Waals surface area contributed by atoms with Crippen molar-refractivity contribution in [3.63, 3.8) is 0 Å². The van der Waals surface area contributed by atoms with Crippen molar-refractivity contribution in [3.8, 4) is 0 Å². The molecule has 0 saturated carbocycles. The zero-order valence-corrected chi connectivity index (χ0v) is 15.6. The smallest absolute Gasteiger partial charge is 0.335 e. The van der Waals surface area contributed by atoms with Gasteiger partial charge in [-0.2, -0.15) is 0 Å². The highest BCUT2D eigenvalue weighted by atomic mass is 79.9. The number of esters is 1. The molecule has 1 aliphatic carbocycles. The maximum absolute atomic E-state index is 11.9. The summed E-state index contributed by atoms with van der Waals surface area (Å²) in [6.07, 6.45) is 3.20. The standard InChI is InChI=1S/C15H14Br2ClNO3/c16-9-5-6-13(11(17)7-9)19-14(20)8-22-15(21)10-3-1-2-4-12(10)18/h5-7H,1-4,8H2,(H,19,20). The van der Waals surface area contributed by atoms with Crippen LogP contribution in [0.1, 0.15) is 25.7 Å². The molecule has 0 radical (unpaired) electrons. The molecule has 7 heteroatoms. The number of halogens is 3. The lowest BCUT2D eigenvalue weighted by atomic mass is 9.99. The number of carbonyl (C=O) groups excluding carboxylic acids is 2. The zero-order chi connectivity index (χ0) is 16.1. The van der Waals surface area contributed by atoms with E-state index >= 15 is 0 Å². The minimum absolute atomic E-state index is 0.338. The fraction of sp³-hybridized carbons (Fsp3) is 0.333. The predicted molar refractivity (Wildman–Crippen MR) is 92.8 cm³/mol. The second kappa shape index (κ2) is 8.13. The van der Waals surface area contributed by atoms with Crippen LogP contribution >= 0.6 is 43.5 Å². The second-order valence-corrected chi connectivity index (χ2v) is 7.07. The Morgan fingerprint density at radius 1 is 1.23 bits per heavy atom. The third kappa shape index (κ3) is 4.83. The van der Waals surface area contributed by atoms with Crippen LogP contribution in [0.5, 0.6) is 0 Å². The summed E-state index contributed by atoms with van der Waals surface area (Å²) in [6.45, 7) is -0.338. The molecular formula is C15H14Br2ClNO3. The van der Waals surface area contributed by atoms with E-state index in [9.17, 15) is 9.59 Å². The van der Waals surface area contributed by atoms with Crippen LogP contribution in [0, 0.1) is 0 Å². The van der Waals surface area contributed by atoms with E-state index in [1.807, 2.05) is 6.07 Å². The van der Waals surface area contributed by atoms with Gasteiger partial charge in [-0.25, -0.2) is 4.79 Å². The van der Waals surface area contributed by atoms with E-state index in [4.69, 9.17) is 16.3 Å². The maximum Gasteiger partial charge on any atom is 0.335 e. The highest BCUT2D eigenvalue weighted by Gasteiger charge is 2.20. The average molecular weight is 452 g/mol. The Labute approximate surface area is 150 Å². The topological polar surface area (TPSA) is 55.4 Å². The molecule has 0 atom stereocenters. The molecule has 1 amide bonds. The van der Waals surface area contributed by atoms with Gasteiger partial charge in [0.1, 0.15) is 0 Å². The molecule has 1 aromatic carbocycles. The van der Waals surface area contributed by atoms with Gasteiger partial charge in [-0.05, 0) is 59.8 Å². The Morgan fingerprint density at radius 2 is 1.95 bits per heavy atom. The number of nitrogens with one attached hydrogen (secondary N) is 1. The molecule has 0 bridgehead atoms. The Kier molecular flexibility index (Phi) is 6.47. The molecule has 0 spiro atoms. The fourth-order valence-electron chi connectivity index (χ4n) is 2.08. The van der Waals surface area contributed by atoms with Crippen LogP contribution < -0.4 is 5.32 Å². The summed E-state index contributed by atoms with van der Waals surface area (Å²) in [7, 11) is 0. The summed E-state index contributed by atoms with van der Waals surface area (Å²) in [5.41, 5.74) is 1.10. The monoisotopic (exact) mass is 449 g/mol. The van der Waals surface area contributed by atoms with Gasteiger partial charge in [0.2, 0.25) is 0 Å². The van der Waals surface area contributed by atoms with E-state index in [1.54, 1.807) is 12.1 Å². The van der Waals surface area contributed by atoms with Crippen LogP contribution in [0.15, 0.2) is 37.7 Å². The Balaban J connectivity index is 1.89. The molecule has 1 N–H and O–H groups in total. The van der Waals surface area contributed by atoms with Crippen molar-refractivity contribution in [1.82, 2.24) is 0 Å². The van der Waals surface area contributed by atoms with Crippen molar-refractivity contribution >= 4 is 61.0 Å². The SMILES string of the molecule is O=C(COC(=O)C1=C(Cl)CCCC1)Nc1ccc(Br)cc1Br. The third-order valence-electron chi connectivity index (χ3n) is 3.19. The van der Waals surface area contributed by atoms with E-state index in [0.29, 0.717) is 29.1 Å². The van der Waals surface area contributed by atoms with E-state index in [1.165, 1.54) is 0 Å². The molecule has 1 aromatic rings. The average Bonchev–Trinajstić information content (AvgIpc) is 2.48. The summed E-state index contributed by atoms with van der Waals surface area (Å²) >= 11 is 12.7. The van der Waals surface area contributed by atoms with Gasteiger partial charge in [0.25, 0.3) is 5.91 Å². The first-order valence-electron chi connectivity index (χ1n) is 6.77. The minimum Gasteiger partial charge on any atom is -0.452 e. The quantitative estimate of drug-likeness (QED) is 0.672. The molecule has 0 heterocycles. The van der Waals surface area contributed by atoms with Crippen molar-refractivity contribution in [2.24, 2.45) is 0 Å². The van der Waals surface area contributed by atoms with E-state index in [2.05, 4.69) is 37.2 Å². The first-order valence-corrected chi connectivity index (χ1v) is 8.73. The van der Waals surface area contributed by atoms with Gasteiger partial charge in [-0.15, -0.1) is 0 Å². The van der Waals surface area contributed by atoms with E-state index in [0.717, 1.165) is 21.8 Å². The van der Waals surface area contributed by atoms with Crippen LogP contribution in [0.25, 0.3) is 0 Å². The Bertz CT molecular complexity index is 631. The van der Waals surface area contributed by atoms with Crippen LogP contribution in [-0.2, 0) is 14.3 Å². The number of amides is 1. The van der Waals surface area contributed by atoms with Crippen LogP contribution in [-0.4, -0.2) is 18.5 Å². The molecule has 0 aliphatic heterocycles. The molecule has 4 nitrogen and oxygen atoms in total. The van der Waals surface area contributed by atoms with Gasteiger partial charge in [0.05, 0.1) is 11.3 Å². The summed E-state index contributed by atoms with van der Waals surface area (Å²) in [5, 5.41) is 3.22. The summed E-state index contributed by atoms with van der Waals surface area (Å²) in [4.78, 5) is 23.8. The molecular weight excluding hydrogens is 437 g/mol. The van der Waals surface area contributed by atoms with Crippen molar-refractivity contribution < 1.29 is 14.3 Å². The van der Waals surface area contributed by atoms with E-state index < -0.39 is 11.9 Å². The third-order valence-corrected chi connectivity index (χ3v) is 4.75. The summed E-state index contributed by atoms with van der Waals surface area (Å²) in [6, 6.07) is 5.36. The van der Waals surface area contributed by atoms with Gasteiger partial charge in [-0.1, -0.05) is 27.5 Å². The normalized spacial score (nSPS) is 14.7. The number of rotatable bonds is 4. The first kappa shape index (κ1) is 17.5. The molecule has 0 aromatic heterocycles. The van der Waals surface area contributed by atoms with Crippen molar-refractivity contribution in [1.29, 1.82) is 0 Å². The summed E-state index contributed by atoms with van der Waals surface area (Å²) < 4.78 is 6.66. The first-order chi connectivity index (χ1) is 10.5. The number of anilines is 1. The fourth-order valence-corrected chi connectivity index (χ4v) is 3.53. The lowest BCUT2D eigenvalue weighted by Crippen LogP contribution is -2.22. The van der Waals surface area contributed by atoms with Crippen molar-refractivity contribution in [2.45, 2.75) is 25.7 Å². The highest BCUT2D eigenvalue weighted by Crippen LogP contribution is 2.28. The molecule has 0 saturated heterocycles. The molecule has 1 aliphatic rings. The molecule has 2 rings (SSSR count). The van der Waals surface area contributed by atoms with Crippen molar-refractivity contribution in [3.05, 3.63) is 37.7 Å². The number of carbonyl (C=O) groups is 2. The van der Waals surface area contributed by atoms with Gasteiger partial charge >= 0.3 is 5.97 Å². The van der Waals surface area contributed by atoms with Crippen LogP contribution in [0.4, 0.5) is 5.69 Å². The Morgan fingerprint density at radius 3 is 2.64 bits per heavy atom. The van der Waals surface area contributed by atoms with Gasteiger partial charge < -0.3 is 10.1 Å². The second-order valence-electron chi connectivity index (χ2n) is 4.84. The predicted octanol–water partition coefficient (Wildman–Crippen LogP) is 4.76. The molecule has 0 unspecified atom stereocenters. The molecule has 22 heavy (non-hydrogen) atoms. The number of hydrogen-bond acceptors (Lipinski definition) is 3. The Hall–Kier alpha value is -0.850. The van der Waals surface area contributed by atoms with Crippen LogP contribution in [0.3, 0.4) is 0 Å². The van der Waals surface area contributed by atoms with Crippen LogP contribution in [0.2, 0.25) is 0 Å². The molecule has 0 fully saturated rings. The minimum atomic E-state index is -0.505. The highest BCUT2D eigenvalue weighted by molar-refractivity contribution is 9.11. The van der Waals surface area contributed by atoms with E-state index in [-0.39, 0.29) is 6.61 Å². The number of benzene rings is 1. The van der Waals surface area contributed by atoms with Gasteiger partial charge in [0.15, 0.2) is 6.61 Å². The zero-order valence-electron chi connectivity index (χ0n) is 11.6. The lowest BCUT2D eigenvalue weighted by molar-refractivity contribution is -0.143. The summed E-state index contributed by atoms with van der Waals surface area (Å²) in [5.74, 6) is -0.904. The van der Waals surface area contributed by atoms with Gasteiger partial charge in [0, 0.05) is 14.0 Å². The number of allylic oxidation sites excluding steroid dienone is 1. The molecule has 118 valence electrons. The number of ether oxygens (including phenoxy) is 1. The number of hydrogen-bond donors (Lipinski definition) is 1.